The molecule has 12 heteroatoms. The SMILES string of the molecule is Cc1cc(NC(=O)c2cccc(C(F)(F)F)c2)ccc1NS(=O)(=O)C(F)(F)F. The number of alkyl halides is 6. The highest BCUT2D eigenvalue weighted by Crippen LogP contribution is 2.30. The third-order valence-corrected chi connectivity index (χ3v) is 4.58. The molecule has 0 heterocycles. The lowest BCUT2D eigenvalue weighted by Gasteiger charge is -2.14. The molecule has 0 atom stereocenters. The standard InChI is InChI=1S/C16H12F6N2O3S/c1-9-7-12(5-6-13(9)24-28(26,27)16(20,21)22)23-14(25)10-3-2-4-11(8-10)15(17,18)19/h2-8,24H,1H3,(H,23,25). The van der Waals surface area contributed by atoms with Crippen LogP contribution in [0.1, 0.15) is 21.5 Å². The molecule has 0 bridgehead atoms. The molecule has 152 valence electrons. The zero-order valence-corrected chi connectivity index (χ0v) is 14.8. The Bertz CT molecular complexity index is 1000. The van der Waals surface area contributed by atoms with Crippen LogP contribution in [-0.4, -0.2) is 19.8 Å². The Labute approximate surface area is 155 Å². The Balaban J connectivity index is 2.20. The lowest BCUT2D eigenvalue weighted by atomic mass is 10.1. The lowest BCUT2D eigenvalue weighted by molar-refractivity contribution is -0.137. The maximum absolute atomic E-state index is 12.7. The van der Waals surface area contributed by atoms with E-state index in [2.05, 4.69) is 5.32 Å². The first kappa shape index (κ1) is 21.5. The number of halogens is 6. The van der Waals surface area contributed by atoms with Crippen molar-refractivity contribution in [2.75, 3.05) is 10.0 Å². The first-order valence-electron chi connectivity index (χ1n) is 7.39. The highest BCUT2D eigenvalue weighted by Gasteiger charge is 2.46. The van der Waals surface area contributed by atoms with Crippen LogP contribution in [0.25, 0.3) is 0 Å². The van der Waals surface area contributed by atoms with Gasteiger partial charge in [-0.05, 0) is 48.9 Å². The van der Waals surface area contributed by atoms with Crippen LogP contribution in [0.3, 0.4) is 0 Å². The van der Waals surface area contributed by atoms with Crippen molar-refractivity contribution in [1.29, 1.82) is 0 Å². The highest BCUT2D eigenvalue weighted by molar-refractivity contribution is 7.93. The van der Waals surface area contributed by atoms with Gasteiger partial charge in [-0.15, -0.1) is 0 Å². The Morgan fingerprint density at radius 3 is 2.14 bits per heavy atom. The fraction of sp³-hybridized carbons (Fsp3) is 0.188. The number of sulfonamides is 1. The van der Waals surface area contributed by atoms with Crippen LogP contribution in [-0.2, 0) is 16.2 Å². The normalized spacial score (nSPS) is 12.5. The maximum atomic E-state index is 12.7. The molecule has 0 aliphatic heterocycles. The molecule has 0 aliphatic carbocycles. The fourth-order valence-electron chi connectivity index (χ4n) is 2.10. The summed E-state index contributed by atoms with van der Waals surface area (Å²) in [6.07, 6.45) is -4.63. The molecular formula is C16H12F6N2O3S. The second kappa shape index (κ2) is 7.34. The first-order valence-corrected chi connectivity index (χ1v) is 8.87. The van der Waals surface area contributed by atoms with E-state index in [0.29, 0.717) is 6.07 Å². The van der Waals surface area contributed by atoms with Crippen molar-refractivity contribution in [3.63, 3.8) is 0 Å². The van der Waals surface area contributed by atoms with Gasteiger partial charge in [0.1, 0.15) is 0 Å². The smallest absolute Gasteiger partial charge is 0.322 e. The van der Waals surface area contributed by atoms with Gasteiger partial charge in [0.25, 0.3) is 5.91 Å². The zero-order chi connectivity index (χ0) is 21.3. The molecule has 0 aliphatic rings. The van der Waals surface area contributed by atoms with E-state index in [9.17, 15) is 39.6 Å². The van der Waals surface area contributed by atoms with Gasteiger partial charge in [-0.2, -0.15) is 34.8 Å². The topological polar surface area (TPSA) is 75.3 Å². The molecule has 2 N–H and O–H groups in total. The Hall–Kier alpha value is -2.76. The van der Waals surface area contributed by atoms with Crippen LogP contribution in [0, 0.1) is 6.92 Å². The predicted octanol–water partition coefficient (Wildman–Crippen LogP) is 4.53. The van der Waals surface area contributed by atoms with E-state index in [1.165, 1.54) is 17.7 Å². The van der Waals surface area contributed by atoms with Crippen LogP contribution >= 0.6 is 0 Å². The number of amides is 1. The van der Waals surface area contributed by atoms with Crippen LogP contribution in [0.2, 0.25) is 0 Å². The molecule has 0 spiro atoms. The van der Waals surface area contributed by atoms with E-state index in [4.69, 9.17) is 0 Å². The summed E-state index contributed by atoms with van der Waals surface area (Å²) in [5.41, 5.74) is -7.07. The quantitative estimate of drug-likeness (QED) is 0.706. The molecular weight excluding hydrogens is 414 g/mol. The van der Waals surface area contributed by atoms with Crippen LogP contribution in [0.4, 0.5) is 37.7 Å². The van der Waals surface area contributed by atoms with Gasteiger partial charge in [-0.25, -0.2) is 0 Å². The van der Waals surface area contributed by atoms with Gasteiger partial charge >= 0.3 is 21.7 Å². The highest BCUT2D eigenvalue weighted by atomic mass is 32.2. The molecule has 5 nitrogen and oxygen atoms in total. The Morgan fingerprint density at radius 1 is 0.964 bits per heavy atom. The molecule has 1 amide bonds. The predicted molar refractivity (Wildman–Crippen MR) is 89.2 cm³/mol. The van der Waals surface area contributed by atoms with Gasteiger partial charge in [-0.3, -0.25) is 9.52 Å². The summed E-state index contributed by atoms with van der Waals surface area (Å²) in [7, 11) is -5.61. The third-order valence-electron chi connectivity index (χ3n) is 3.49. The average Bonchev–Trinajstić information content (AvgIpc) is 2.55. The van der Waals surface area contributed by atoms with E-state index < -0.39 is 33.2 Å². The van der Waals surface area contributed by atoms with Gasteiger partial charge in [0.15, 0.2) is 0 Å². The van der Waals surface area contributed by atoms with Crippen LogP contribution in [0.5, 0.6) is 0 Å². The summed E-state index contributed by atoms with van der Waals surface area (Å²) in [5, 5.41) is 2.29. The van der Waals surface area contributed by atoms with Crippen molar-refractivity contribution >= 4 is 27.3 Å². The fourth-order valence-corrected chi connectivity index (χ4v) is 2.73. The molecule has 2 rings (SSSR count). The van der Waals surface area contributed by atoms with Crippen LogP contribution < -0.4 is 10.0 Å². The molecule has 0 aromatic heterocycles. The summed E-state index contributed by atoms with van der Waals surface area (Å²) < 4.78 is 99.0. The summed E-state index contributed by atoms with van der Waals surface area (Å²) in [6.45, 7) is 1.29. The number of hydrogen-bond donors (Lipinski definition) is 2. The van der Waals surface area contributed by atoms with Crippen LogP contribution in [0.15, 0.2) is 42.5 Å². The first-order chi connectivity index (χ1) is 12.7. The van der Waals surface area contributed by atoms with Gasteiger partial charge in [0.2, 0.25) is 0 Å². The van der Waals surface area contributed by atoms with Gasteiger partial charge in [0, 0.05) is 11.3 Å². The molecule has 2 aromatic carbocycles. The van der Waals surface area contributed by atoms with E-state index >= 15 is 0 Å². The minimum Gasteiger partial charge on any atom is -0.322 e. The molecule has 0 fully saturated rings. The maximum Gasteiger partial charge on any atom is 0.516 e. The van der Waals surface area contributed by atoms with E-state index in [0.717, 1.165) is 30.3 Å². The number of nitrogens with one attached hydrogen (secondary N) is 2. The van der Waals surface area contributed by atoms with E-state index in [1.54, 1.807) is 0 Å². The number of anilines is 2. The summed E-state index contributed by atoms with van der Waals surface area (Å²) in [5.74, 6) is -0.880. The van der Waals surface area contributed by atoms with Gasteiger partial charge in [-0.1, -0.05) is 6.07 Å². The van der Waals surface area contributed by atoms with Crippen molar-refractivity contribution < 1.29 is 39.6 Å². The monoisotopic (exact) mass is 426 g/mol. The second-order valence-electron chi connectivity index (χ2n) is 5.61. The minimum absolute atomic E-state index is 0.0506. The number of carbonyl (C=O) groups is 1. The number of carbonyl (C=O) groups excluding carboxylic acids is 1. The molecule has 0 unspecified atom stereocenters. The third kappa shape index (κ3) is 4.94. The number of rotatable bonds is 4. The minimum atomic E-state index is -5.61. The molecule has 0 saturated heterocycles. The summed E-state index contributed by atoms with van der Waals surface area (Å²) in [6, 6.07) is 6.91. The lowest BCUT2D eigenvalue weighted by Crippen LogP contribution is -2.30. The number of benzene rings is 2. The van der Waals surface area contributed by atoms with Gasteiger partial charge in [0.05, 0.1) is 11.3 Å². The van der Waals surface area contributed by atoms with Crippen molar-refractivity contribution in [2.24, 2.45) is 0 Å². The van der Waals surface area contributed by atoms with Gasteiger partial charge < -0.3 is 5.32 Å². The van der Waals surface area contributed by atoms with Crippen molar-refractivity contribution in [3.05, 3.63) is 59.2 Å². The Kier molecular flexibility index (Phi) is 5.64. The largest absolute Gasteiger partial charge is 0.516 e. The van der Waals surface area contributed by atoms with E-state index in [1.807, 2.05) is 0 Å². The number of hydrogen-bond acceptors (Lipinski definition) is 3. The van der Waals surface area contributed by atoms with Crippen molar-refractivity contribution in [3.8, 4) is 0 Å². The Morgan fingerprint density at radius 2 is 1.61 bits per heavy atom. The average molecular weight is 426 g/mol. The van der Waals surface area contributed by atoms with E-state index in [-0.39, 0.29) is 22.5 Å². The summed E-state index contributed by atoms with van der Waals surface area (Å²) in [4.78, 5) is 12.1. The zero-order valence-electron chi connectivity index (χ0n) is 13.9. The second-order valence-corrected chi connectivity index (χ2v) is 7.29. The molecule has 0 saturated carbocycles. The van der Waals surface area contributed by atoms with Crippen molar-refractivity contribution in [2.45, 2.75) is 18.6 Å². The molecule has 28 heavy (non-hydrogen) atoms. The molecule has 0 radical (unpaired) electrons. The summed E-state index contributed by atoms with van der Waals surface area (Å²) >= 11 is 0. The number of aryl methyl sites for hydroxylation is 1. The van der Waals surface area contributed by atoms with Crippen molar-refractivity contribution in [1.82, 2.24) is 0 Å². The molecule has 2 aromatic rings.